The number of nitrogens with one attached hydrogen (secondary N) is 1. The predicted molar refractivity (Wildman–Crippen MR) is 128 cm³/mol. The van der Waals surface area contributed by atoms with Crippen LogP contribution in [0.3, 0.4) is 0 Å². The van der Waals surface area contributed by atoms with Gasteiger partial charge < -0.3 is 19.9 Å². The predicted octanol–water partition coefficient (Wildman–Crippen LogP) is 5.39. The second-order valence-electron chi connectivity index (χ2n) is 7.29. The maximum Gasteiger partial charge on any atom is 0.266 e. The highest BCUT2D eigenvalue weighted by Crippen LogP contribution is 2.35. The number of amides is 1. The molecule has 0 aliphatic heterocycles. The largest absolute Gasteiger partial charge is 0.508 e. The van der Waals surface area contributed by atoms with E-state index >= 15 is 0 Å². The lowest BCUT2D eigenvalue weighted by Gasteiger charge is -2.16. The molecule has 3 aromatic rings. The number of allylic oxidation sites excluding steroid dienone is 1. The number of benzene rings is 3. The molecule has 0 unspecified atom stereocenters. The van der Waals surface area contributed by atoms with Gasteiger partial charge in [-0.2, -0.15) is 5.26 Å². The SMILES string of the molecule is C=CCc1cc(/C=C(\C#N)C(=O)Nc2ccc(O)cc2)cc(OC)c1OCc1cccc(F)c1. The van der Waals surface area contributed by atoms with Crippen molar-refractivity contribution in [2.24, 2.45) is 0 Å². The molecule has 1 amide bonds. The number of rotatable bonds is 9. The lowest BCUT2D eigenvalue weighted by atomic mass is 10.0. The van der Waals surface area contributed by atoms with Gasteiger partial charge >= 0.3 is 0 Å². The highest BCUT2D eigenvalue weighted by Gasteiger charge is 2.15. The van der Waals surface area contributed by atoms with Crippen LogP contribution >= 0.6 is 0 Å². The summed E-state index contributed by atoms with van der Waals surface area (Å²) in [6, 6.07) is 17.4. The molecule has 0 fully saturated rings. The molecule has 0 atom stereocenters. The van der Waals surface area contributed by atoms with E-state index in [-0.39, 0.29) is 23.7 Å². The van der Waals surface area contributed by atoms with Crippen molar-refractivity contribution in [2.45, 2.75) is 13.0 Å². The van der Waals surface area contributed by atoms with E-state index in [0.717, 1.165) is 5.56 Å². The molecule has 0 aromatic heterocycles. The Kier molecular flexibility index (Phi) is 8.03. The number of hydrogen-bond acceptors (Lipinski definition) is 5. The second kappa shape index (κ2) is 11.3. The monoisotopic (exact) mass is 458 g/mol. The summed E-state index contributed by atoms with van der Waals surface area (Å²) in [7, 11) is 1.48. The Bertz CT molecular complexity index is 1260. The van der Waals surface area contributed by atoms with Crippen molar-refractivity contribution >= 4 is 17.7 Å². The number of phenolic OH excluding ortho intramolecular Hbond substituents is 1. The topological polar surface area (TPSA) is 91.6 Å². The van der Waals surface area contributed by atoms with Crippen LogP contribution in [0.25, 0.3) is 6.08 Å². The summed E-state index contributed by atoms with van der Waals surface area (Å²) in [5.41, 5.74) is 2.27. The normalized spacial score (nSPS) is 10.8. The average molecular weight is 458 g/mol. The van der Waals surface area contributed by atoms with E-state index in [1.165, 1.54) is 49.6 Å². The number of nitrogens with zero attached hydrogens (tertiary/aromatic N) is 1. The summed E-state index contributed by atoms with van der Waals surface area (Å²) in [6.45, 7) is 3.91. The fraction of sp³-hybridized carbons (Fsp3) is 0.111. The smallest absolute Gasteiger partial charge is 0.266 e. The van der Waals surface area contributed by atoms with Gasteiger partial charge in [0, 0.05) is 11.3 Å². The van der Waals surface area contributed by atoms with E-state index in [9.17, 15) is 19.6 Å². The molecule has 0 aliphatic carbocycles. The number of phenols is 1. The van der Waals surface area contributed by atoms with Crippen molar-refractivity contribution < 1.29 is 23.8 Å². The van der Waals surface area contributed by atoms with Gasteiger partial charge in [-0.3, -0.25) is 4.79 Å². The van der Waals surface area contributed by atoms with Crippen molar-refractivity contribution in [3.8, 4) is 23.3 Å². The van der Waals surface area contributed by atoms with Gasteiger partial charge in [0.25, 0.3) is 5.91 Å². The number of carbonyl (C=O) groups is 1. The highest BCUT2D eigenvalue weighted by atomic mass is 19.1. The van der Waals surface area contributed by atoms with Crippen LogP contribution in [0, 0.1) is 17.1 Å². The molecule has 172 valence electrons. The summed E-state index contributed by atoms with van der Waals surface area (Å²) in [5.74, 6) is -0.0111. The molecule has 0 heterocycles. The number of hydrogen-bond donors (Lipinski definition) is 2. The van der Waals surface area contributed by atoms with Crippen molar-refractivity contribution in [2.75, 3.05) is 12.4 Å². The van der Waals surface area contributed by atoms with Gasteiger partial charge in [0.15, 0.2) is 11.5 Å². The zero-order valence-electron chi connectivity index (χ0n) is 18.5. The first kappa shape index (κ1) is 24.1. The molecule has 0 spiro atoms. The molecule has 0 saturated carbocycles. The average Bonchev–Trinajstić information content (AvgIpc) is 2.83. The van der Waals surface area contributed by atoms with Crippen LogP contribution in [-0.2, 0) is 17.8 Å². The number of nitriles is 1. The molecular formula is C27H23FN2O4. The van der Waals surface area contributed by atoms with Gasteiger partial charge in [-0.25, -0.2) is 4.39 Å². The van der Waals surface area contributed by atoms with Crippen LogP contribution in [0.4, 0.5) is 10.1 Å². The van der Waals surface area contributed by atoms with E-state index in [1.807, 2.05) is 6.07 Å². The van der Waals surface area contributed by atoms with Gasteiger partial charge in [0.2, 0.25) is 0 Å². The standard InChI is InChI=1S/C27H23FN2O4/c1-3-5-20-12-19(13-21(16-29)27(32)30-23-8-10-24(31)11-9-23)15-25(33-2)26(20)34-17-18-6-4-7-22(28)14-18/h3-4,6-15,31H,1,5,17H2,2H3,(H,30,32)/b21-13+. The summed E-state index contributed by atoms with van der Waals surface area (Å²) in [6.07, 6.45) is 3.58. The van der Waals surface area contributed by atoms with Crippen LogP contribution in [0.15, 0.2) is 78.9 Å². The van der Waals surface area contributed by atoms with Gasteiger partial charge in [0.1, 0.15) is 29.8 Å². The quantitative estimate of drug-likeness (QED) is 0.194. The fourth-order valence-corrected chi connectivity index (χ4v) is 3.23. The Morgan fingerprint density at radius 2 is 1.97 bits per heavy atom. The van der Waals surface area contributed by atoms with E-state index < -0.39 is 5.91 Å². The van der Waals surface area contributed by atoms with Crippen LogP contribution in [0.5, 0.6) is 17.2 Å². The molecule has 34 heavy (non-hydrogen) atoms. The summed E-state index contributed by atoms with van der Waals surface area (Å²) in [5, 5.41) is 21.5. The van der Waals surface area contributed by atoms with Crippen LogP contribution in [-0.4, -0.2) is 18.1 Å². The summed E-state index contributed by atoms with van der Waals surface area (Å²) >= 11 is 0. The first-order chi connectivity index (χ1) is 16.4. The molecule has 0 aliphatic rings. The maximum atomic E-state index is 13.5. The van der Waals surface area contributed by atoms with E-state index in [4.69, 9.17) is 9.47 Å². The number of carbonyl (C=O) groups excluding carboxylic acids is 1. The minimum atomic E-state index is -0.594. The van der Waals surface area contributed by atoms with Crippen LogP contribution < -0.4 is 14.8 Å². The molecule has 3 aromatic carbocycles. The Labute approximate surface area is 197 Å². The van der Waals surface area contributed by atoms with E-state index in [0.29, 0.717) is 34.7 Å². The zero-order valence-corrected chi connectivity index (χ0v) is 18.5. The van der Waals surface area contributed by atoms with E-state index in [1.54, 1.807) is 30.3 Å². The number of halogens is 1. The lowest BCUT2D eigenvalue weighted by molar-refractivity contribution is -0.112. The van der Waals surface area contributed by atoms with Crippen molar-refractivity contribution in [3.63, 3.8) is 0 Å². The molecule has 7 heteroatoms. The number of ether oxygens (including phenoxy) is 2. The second-order valence-corrected chi connectivity index (χ2v) is 7.29. The first-order valence-electron chi connectivity index (χ1n) is 10.3. The van der Waals surface area contributed by atoms with Crippen molar-refractivity contribution in [1.29, 1.82) is 5.26 Å². The number of methoxy groups -OCH3 is 1. The van der Waals surface area contributed by atoms with Gasteiger partial charge in [0.05, 0.1) is 7.11 Å². The highest BCUT2D eigenvalue weighted by molar-refractivity contribution is 6.09. The van der Waals surface area contributed by atoms with Crippen LogP contribution in [0.2, 0.25) is 0 Å². The Balaban J connectivity index is 1.89. The molecule has 3 rings (SSSR count). The minimum absolute atomic E-state index is 0.0654. The molecular weight excluding hydrogens is 435 g/mol. The molecule has 2 N–H and O–H groups in total. The van der Waals surface area contributed by atoms with Crippen LogP contribution in [0.1, 0.15) is 16.7 Å². The number of anilines is 1. The summed E-state index contributed by atoms with van der Waals surface area (Å²) < 4.78 is 24.9. The minimum Gasteiger partial charge on any atom is -0.508 e. The summed E-state index contributed by atoms with van der Waals surface area (Å²) in [4.78, 5) is 12.6. The number of aromatic hydroxyl groups is 1. The Morgan fingerprint density at radius 3 is 2.62 bits per heavy atom. The molecule has 0 saturated heterocycles. The third-order valence-electron chi connectivity index (χ3n) is 4.81. The Hall–Kier alpha value is -4.57. The molecule has 6 nitrogen and oxygen atoms in total. The maximum absolute atomic E-state index is 13.5. The van der Waals surface area contributed by atoms with Gasteiger partial charge in [-0.05, 0) is 72.2 Å². The zero-order chi connectivity index (χ0) is 24.5. The van der Waals surface area contributed by atoms with Crippen molar-refractivity contribution in [1.82, 2.24) is 0 Å². The van der Waals surface area contributed by atoms with Crippen molar-refractivity contribution in [3.05, 3.63) is 101 Å². The van der Waals surface area contributed by atoms with Gasteiger partial charge in [-0.15, -0.1) is 6.58 Å². The fourth-order valence-electron chi connectivity index (χ4n) is 3.23. The Morgan fingerprint density at radius 1 is 1.21 bits per heavy atom. The first-order valence-corrected chi connectivity index (χ1v) is 10.3. The lowest BCUT2D eigenvalue weighted by Crippen LogP contribution is -2.13. The third kappa shape index (κ3) is 6.24. The third-order valence-corrected chi connectivity index (χ3v) is 4.81. The van der Waals surface area contributed by atoms with E-state index in [2.05, 4.69) is 11.9 Å². The molecule has 0 radical (unpaired) electrons. The van der Waals surface area contributed by atoms with Gasteiger partial charge in [-0.1, -0.05) is 18.2 Å². The molecule has 0 bridgehead atoms.